The molecule has 0 spiro atoms. The zero-order valence-electron chi connectivity index (χ0n) is 16.2. The van der Waals surface area contributed by atoms with E-state index in [1.807, 2.05) is 0 Å². The van der Waals surface area contributed by atoms with Crippen molar-refractivity contribution in [3.8, 4) is 23.0 Å². The number of ether oxygens (including phenoxy) is 3. The summed E-state index contributed by atoms with van der Waals surface area (Å²) in [5, 5.41) is 59.0. The maximum atomic E-state index is 12.6. The molecule has 6 N–H and O–H groups in total. The number of rotatable bonds is 4. The van der Waals surface area contributed by atoms with Crippen LogP contribution in [0.5, 0.6) is 23.0 Å². The van der Waals surface area contributed by atoms with Crippen molar-refractivity contribution in [1.82, 2.24) is 0 Å². The van der Waals surface area contributed by atoms with Crippen molar-refractivity contribution in [2.75, 3.05) is 6.61 Å². The minimum atomic E-state index is -1.64. The number of carbonyl (C=O) groups is 1. The van der Waals surface area contributed by atoms with E-state index in [-0.39, 0.29) is 35.0 Å². The lowest BCUT2D eigenvalue weighted by atomic mass is 9.95. The van der Waals surface area contributed by atoms with E-state index in [0.717, 1.165) is 6.07 Å². The van der Waals surface area contributed by atoms with Gasteiger partial charge in [-0.2, -0.15) is 0 Å². The van der Waals surface area contributed by atoms with E-state index in [4.69, 9.17) is 14.2 Å². The molecule has 166 valence electrons. The molecule has 2 aromatic carbocycles. The van der Waals surface area contributed by atoms with Gasteiger partial charge in [-0.05, 0) is 17.7 Å². The van der Waals surface area contributed by atoms with Gasteiger partial charge in [0.1, 0.15) is 59.1 Å². The van der Waals surface area contributed by atoms with Crippen LogP contribution in [0, 0.1) is 0 Å². The van der Waals surface area contributed by atoms with Gasteiger partial charge in [0.15, 0.2) is 5.78 Å². The predicted octanol–water partition coefficient (Wildman–Crippen LogP) is -0.0170. The van der Waals surface area contributed by atoms with Crippen LogP contribution < -0.4 is 9.47 Å². The van der Waals surface area contributed by atoms with Crippen LogP contribution in [0.3, 0.4) is 0 Å². The molecule has 0 amide bonds. The van der Waals surface area contributed by atoms with Gasteiger partial charge in [-0.15, -0.1) is 0 Å². The van der Waals surface area contributed by atoms with Crippen LogP contribution in [0.15, 0.2) is 36.4 Å². The summed E-state index contributed by atoms with van der Waals surface area (Å²) in [6.07, 6.45) is -8.09. The number of phenols is 2. The van der Waals surface area contributed by atoms with Crippen LogP contribution in [0.25, 0.3) is 0 Å². The second kappa shape index (κ2) is 8.33. The molecule has 0 radical (unpaired) electrons. The van der Waals surface area contributed by atoms with Gasteiger partial charge in [0.05, 0.1) is 13.0 Å². The largest absolute Gasteiger partial charge is 0.508 e. The number of aliphatic hydroxyl groups excluding tert-OH is 4. The van der Waals surface area contributed by atoms with E-state index in [1.54, 1.807) is 12.1 Å². The lowest BCUT2D eigenvalue weighted by Gasteiger charge is -2.39. The number of hydrogen-bond acceptors (Lipinski definition) is 10. The highest BCUT2D eigenvalue weighted by atomic mass is 16.7. The average molecular weight is 434 g/mol. The van der Waals surface area contributed by atoms with E-state index in [0.29, 0.717) is 5.56 Å². The number of carbonyl (C=O) groups excluding carboxylic acids is 1. The van der Waals surface area contributed by atoms with Crippen LogP contribution in [0.2, 0.25) is 0 Å². The van der Waals surface area contributed by atoms with E-state index < -0.39 is 49.2 Å². The fourth-order valence-corrected chi connectivity index (χ4v) is 3.66. The molecule has 4 rings (SSSR count). The van der Waals surface area contributed by atoms with Gasteiger partial charge in [0.2, 0.25) is 6.29 Å². The fourth-order valence-electron chi connectivity index (χ4n) is 3.66. The Morgan fingerprint density at radius 2 is 1.71 bits per heavy atom. The molecule has 10 heteroatoms. The summed E-state index contributed by atoms with van der Waals surface area (Å²) in [5.41, 5.74) is 0.632. The molecule has 2 aliphatic rings. The van der Waals surface area contributed by atoms with Gasteiger partial charge in [0, 0.05) is 12.1 Å². The molecule has 2 heterocycles. The van der Waals surface area contributed by atoms with Crippen LogP contribution in [0.4, 0.5) is 0 Å². The predicted molar refractivity (Wildman–Crippen MR) is 103 cm³/mol. The second-order valence-electron chi connectivity index (χ2n) is 7.46. The minimum Gasteiger partial charge on any atom is -0.508 e. The number of ketones is 1. The second-order valence-corrected chi connectivity index (χ2v) is 7.46. The van der Waals surface area contributed by atoms with Crippen LogP contribution >= 0.6 is 0 Å². The summed E-state index contributed by atoms with van der Waals surface area (Å²) in [6.45, 7) is -0.619. The Hall–Kier alpha value is -2.89. The molecule has 1 fully saturated rings. The van der Waals surface area contributed by atoms with Crippen molar-refractivity contribution in [2.45, 2.75) is 43.2 Å². The van der Waals surface area contributed by atoms with Gasteiger partial charge in [-0.1, -0.05) is 12.1 Å². The molecule has 0 bridgehead atoms. The van der Waals surface area contributed by atoms with Gasteiger partial charge >= 0.3 is 0 Å². The van der Waals surface area contributed by atoms with Crippen molar-refractivity contribution in [2.24, 2.45) is 0 Å². The number of hydrogen-bond donors (Lipinski definition) is 6. The number of aliphatic hydroxyl groups is 4. The summed E-state index contributed by atoms with van der Waals surface area (Å²) in [5.74, 6) is -0.657. The summed E-state index contributed by atoms with van der Waals surface area (Å²) < 4.78 is 16.7. The lowest BCUT2D eigenvalue weighted by Crippen LogP contribution is -2.60. The first-order chi connectivity index (χ1) is 14.8. The summed E-state index contributed by atoms with van der Waals surface area (Å²) in [7, 11) is 0. The third-order valence-electron chi connectivity index (χ3n) is 5.34. The zero-order chi connectivity index (χ0) is 22.3. The molecule has 0 aromatic heterocycles. The SMILES string of the molecule is O=C1C[C@@H](c2ccc(O)cc2)Oc2cc(OC3O[C@H](CO)[C@@H](O)[C@H](O)[C@H]3O)cc(O)c21. The Labute approximate surface area is 176 Å². The molecule has 2 aliphatic heterocycles. The van der Waals surface area contributed by atoms with E-state index in [1.165, 1.54) is 18.2 Å². The van der Waals surface area contributed by atoms with Gasteiger partial charge < -0.3 is 44.8 Å². The summed E-state index contributed by atoms with van der Waals surface area (Å²) in [6, 6.07) is 8.64. The number of benzene rings is 2. The van der Waals surface area contributed by atoms with E-state index in [9.17, 15) is 35.4 Å². The highest BCUT2D eigenvalue weighted by Crippen LogP contribution is 2.42. The molecule has 10 nitrogen and oxygen atoms in total. The lowest BCUT2D eigenvalue weighted by molar-refractivity contribution is -0.277. The average Bonchev–Trinajstić information content (AvgIpc) is 2.74. The topological polar surface area (TPSA) is 166 Å². The number of Topliss-reactive ketones (excluding diaryl/α,β-unsaturated/α-hetero) is 1. The molecule has 0 saturated carbocycles. The van der Waals surface area contributed by atoms with Crippen molar-refractivity contribution >= 4 is 5.78 Å². The molecule has 1 saturated heterocycles. The Balaban J connectivity index is 1.59. The Morgan fingerprint density at radius 1 is 1.00 bits per heavy atom. The van der Waals surface area contributed by atoms with Gasteiger partial charge in [0.25, 0.3) is 0 Å². The smallest absolute Gasteiger partial charge is 0.229 e. The monoisotopic (exact) mass is 434 g/mol. The first-order valence-electron chi connectivity index (χ1n) is 9.61. The highest BCUT2D eigenvalue weighted by Gasteiger charge is 2.45. The third kappa shape index (κ3) is 4.03. The molecule has 6 atom stereocenters. The first kappa shape index (κ1) is 21.3. The van der Waals surface area contributed by atoms with Crippen molar-refractivity contribution in [3.05, 3.63) is 47.5 Å². The Morgan fingerprint density at radius 3 is 2.39 bits per heavy atom. The highest BCUT2D eigenvalue weighted by molar-refractivity contribution is 6.02. The number of phenolic OH excluding ortho intramolecular Hbond substituents is 2. The molecular weight excluding hydrogens is 412 g/mol. The quantitative estimate of drug-likeness (QED) is 0.385. The van der Waals surface area contributed by atoms with Crippen molar-refractivity contribution in [3.63, 3.8) is 0 Å². The minimum absolute atomic E-state index is 0.0156. The summed E-state index contributed by atoms with van der Waals surface area (Å²) in [4.78, 5) is 12.6. The van der Waals surface area contributed by atoms with Gasteiger partial charge in [-0.3, -0.25) is 4.79 Å². The van der Waals surface area contributed by atoms with Crippen molar-refractivity contribution < 1.29 is 49.6 Å². The molecule has 31 heavy (non-hydrogen) atoms. The van der Waals surface area contributed by atoms with E-state index >= 15 is 0 Å². The summed E-state index contributed by atoms with van der Waals surface area (Å²) >= 11 is 0. The molecular formula is C21H22O10. The number of aromatic hydroxyl groups is 2. The maximum Gasteiger partial charge on any atom is 0.229 e. The number of fused-ring (bicyclic) bond motifs is 1. The normalized spacial score (nSPS) is 30.4. The van der Waals surface area contributed by atoms with E-state index in [2.05, 4.69) is 0 Å². The Kier molecular flexibility index (Phi) is 5.73. The Bertz CT molecular complexity index is 957. The third-order valence-corrected chi connectivity index (χ3v) is 5.34. The van der Waals surface area contributed by atoms with Crippen LogP contribution in [-0.2, 0) is 4.74 Å². The first-order valence-corrected chi connectivity index (χ1v) is 9.61. The molecule has 2 aromatic rings. The maximum absolute atomic E-state index is 12.6. The zero-order valence-corrected chi connectivity index (χ0v) is 16.2. The van der Waals surface area contributed by atoms with Crippen molar-refractivity contribution in [1.29, 1.82) is 0 Å². The van der Waals surface area contributed by atoms with Crippen LogP contribution in [-0.4, -0.2) is 73.7 Å². The molecule has 0 aliphatic carbocycles. The fraction of sp³-hybridized carbons (Fsp3) is 0.381. The van der Waals surface area contributed by atoms with Gasteiger partial charge in [-0.25, -0.2) is 0 Å². The molecule has 1 unspecified atom stereocenters. The standard InChI is InChI=1S/C21H22O10/c22-8-16-18(26)19(27)20(28)21(31-16)29-11-5-12(24)17-13(25)7-14(30-15(17)6-11)9-1-3-10(23)4-2-9/h1-6,14,16,18-24,26-28H,7-8H2/t14-,16+,18+,19-,20+,21?/m0/s1. The van der Waals surface area contributed by atoms with Crippen LogP contribution in [0.1, 0.15) is 28.4 Å².